The monoisotopic (exact) mass is 188 g/mol. The number of carbonyl (C=O) groups is 2. The molecule has 70 valence electrons. The number of hydrogen-bond donors (Lipinski definition) is 1. The van der Waals surface area contributed by atoms with E-state index in [4.69, 9.17) is 11.5 Å². The summed E-state index contributed by atoms with van der Waals surface area (Å²) in [6.45, 7) is 0. The number of terminal acetylenes is 1. The molecule has 0 unspecified atom stereocenters. The van der Waals surface area contributed by atoms with Crippen molar-refractivity contribution in [1.29, 1.82) is 0 Å². The van der Waals surface area contributed by atoms with E-state index in [1.165, 1.54) is 0 Å². The number of benzene rings is 1. The van der Waals surface area contributed by atoms with Crippen LogP contribution in [0.5, 0.6) is 0 Å². The van der Waals surface area contributed by atoms with Gasteiger partial charge in [0.25, 0.3) is 0 Å². The molecule has 0 saturated heterocycles. The van der Waals surface area contributed by atoms with E-state index >= 15 is 0 Å². The first-order chi connectivity index (χ1) is 6.65. The van der Waals surface area contributed by atoms with Crippen LogP contribution in [-0.2, 0) is 16.0 Å². The number of aliphatic carboxylic acids is 1. The van der Waals surface area contributed by atoms with E-state index in [9.17, 15) is 9.59 Å². The highest BCUT2D eigenvalue weighted by molar-refractivity contribution is 6.33. The summed E-state index contributed by atoms with van der Waals surface area (Å²) in [5.74, 6) is 0.107. The minimum absolute atomic E-state index is 0.157. The molecule has 1 N–H and O–H groups in total. The Balaban J connectivity index is 2.93. The molecule has 3 heteroatoms. The van der Waals surface area contributed by atoms with Crippen LogP contribution in [0.15, 0.2) is 24.3 Å². The van der Waals surface area contributed by atoms with Crippen molar-refractivity contribution < 1.29 is 14.7 Å². The summed E-state index contributed by atoms with van der Waals surface area (Å²) in [5.41, 5.74) is 1.13. The summed E-state index contributed by atoms with van der Waals surface area (Å²) in [6.07, 6.45) is 5.04. The van der Waals surface area contributed by atoms with Crippen molar-refractivity contribution in [2.24, 2.45) is 0 Å². The van der Waals surface area contributed by atoms with E-state index in [0.29, 0.717) is 11.1 Å². The molecule has 0 atom stereocenters. The minimum Gasteiger partial charge on any atom is -0.475 e. The van der Waals surface area contributed by atoms with Crippen LogP contribution >= 0.6 is 0 Å². The normalized spacial score (nSPS) is 9.07. The van der Waals surface area contributed by atoms with Crippen LogP contribution in [-0.4, -0.2) is 16.9 Å². The fourth-order valence-electron chi connectivity index (χ4n) is 1.06. The largest absolute Gasteiger partial charge is 0.475 e. The number of rotatable bonds is 3. The van der Waals surface area contributed by atoms with Crippen LogP contribution in [0.2, 0.25) is 0 Å². The molecule has 0 aromatic heterocycles. The minimum atomic E-state index is -1.43. The van der Waals surface area contributed by atoms with Gasteiger partial charge in [-0.2, -0.15) is 0 Å². The third-order valence-corrected chi connectivity index (χ3v) is 1.76. The smallest absolute Gasteiger partial charge is 0.372 e. The van der Waals surface area contributed by atoms with Gasteiger partial charge >= 0.3 is 5.97 Å². The van der Waals surface area contributed by atoms with Crippen LogP contribution in [0.25, 0.3) is 0 Å². The summed E-state index contributed by atoms with van der Waals surface area (Å²) in [7, 11) is 0. The van der Waals surface area contributed by atoms with Crippen LogP contribution in [0, 0.1) is 12.3 Å². The molecule has 0 fully saturated rings. The second kappa shape index (κ2) is 4.24. The second-order valence-electron chi connectivity index (χ2n) is 2.71. The number of carboxylic acid groups (broad SMARTS) is 1. The van der Waals surface area contributed by atoms with Gasteiger partial charge in [0.15, 0.2) is 0 Å². The third kappa shape index (κ3) is 2.20. The molecule has 0 amide bonds. The van der Waals surface area contributed by atoms with Crippen LogP contribution in [0.1, 0.15) is 11.1 Å². The van der Waals surface area contributed by atoms with Crippen molar-refractivity contribution in [1.82, 2.24) is 0 Å². The predicted molar refractivity (Wildman–Crippen MR) is 50.7 cm³/mol. The Hall–Kier alpha value is -2.08. The number of hydrogen-bond acceptors (Lipinski definition) is 2. The van der Waals surface area contributed by atoms with E-state index < -0.39 is 11.8 Å². The van der Waals surface area contributed by atoms with E-state index in [2.05, 4.69) is 5.92 Å². The maximum absolute atomic E-state index is 10.9. The first kappa shape index (κ1) is 10.0. The average Bonchev–Trinajstić information content (AvgIpc) is 2.18. The van der Waals surface area contributed by atoms with E-state index in [1.54, 1.807) is 24.3 Å². The van der Waals surface area contributed by atoms with Gasteiger partial charge in [0.05, 0.1) is 0 Å². The van der Waals surface area contributed by atoms with E-state index in [1.807, 2.05) is 0 Å². The third-order valence-electron chi connectivity index (χ3n) is 1.76. The van der Waals surface area contributed by atoms with Crippen LogP contribution in [0.3, 0.4) is 0 Å². The van der Waals surface area contributed by atoms with Crippen LogP contribution in [0.4, 0.5) is 0 Å². The first-order valence-electron chi connectivity index (χ1n) is 3.95. The molecule has 0 aliphatic carbocycles. The highest BCUT2D eigenvalue weighted by atomic mass is 16.4. The molecule has 0 spiro atoms. The molecule has 0 saturated carbocycles. The lowest BCUT2D eigenvalue weighted by molar-refractivity contribution is -0.148. The lowest BCUT2D eigenvalue weighted by Crippen LogP contribution is -2.15. The standard InChI is InChI=1S/C11H8O3/c1-2-8-5-3-4-6-9(8)7-10(12)11(13)14/h1,3-6H,7H2,(H,13,14). The van der Waals surface area contributed by atoms with Gasteiger partial charge in [0.2, 0.25) is 5.78 Å². The predicted octanol–water partition coefficient (Wildman–Crippen LogP) is 0.864. The zero-order valence-electron chi connectivity index (χ0n) is 7.36. The Labute approximate surface area is 81.4 Å². The summed E-state index contributed by atoms with van der Waals surface area (Å²) in [4.78, 5) is 21.2. The zero-order chi connectivity index (χ0) is 10.6. The first-order valence-corrected chi connectivity index (χ1v) is 3.95. The van der Waals surface area contributed by atoms with Crippen molar-refractivity contribution in [3.63, 3.8) is 0 Å². The van der Waals surface area contributed by atoms with Crippen molar-refractivity contribution in [3.05, 3.63) is 35.4 Å². The maximum Gasteiger partial charge on any atom is 0.372 e. The summed E-state index contributed by atoms with van der Waals surface area (Å²) >= 11 is 0. The summed E-state index contributed by atoms with van der Waals surface area (Å²) in [5, 5.41) is 8.41. The topological polar surface area (TPSA) is 54.4 Å². The van der Waals surface area contributed by atoms with Gasteiger partial charge in [-0.3, -0.25) is 4.79 Å². The summed E-state index contributed by atoms with van der Waals surface area (Å²) in [6, 6.07) is 6.77. The van der Waals surface area contributed by atoms with Gasteiger partial charge in [-0.1, -0.05) is 24.1 Å². The number of carbonyl (C=O) groups excluding carboxylic acids is 1. The maximum atomic E-state index is 10.9. The molecule has 1 aromatic carbocycles. The molecular formula is C11H8O3. The van der Waals surface area contributed by atoms with Gasteiger partial charge in [0.1, 0.15) is 0 Å². The van der Waals surface area contributed by atoms with Gasteiger partial charge in [-0.25, -0.2) is 4.79 Å². The molecule has 1 aromatic rings. The van der Waals surface area contributed by atoms with Crippen molar-refractivity contribution in [2.75, 3.05) is 0 Å². The fourth-order valence-corrected chi connectivity index (χ4v) is 1.06. The molecule has 14 heavy (non-hydrogen) atoms. The van der Waals surface area contributed by atoms with Gasteiger partial charge in [-0.15, -0.1) is 6.42 Å². The van der Waals surface area contributed by atoms with E-state index in [-0.39, 0.29) is 6.42 Å². The lowest BCUT2D eigenvalue weighted by atomic mass is 10.0. The number of carboxylic acids is 1. The molecule has 0 heterocycles. The van der Waals surface area contributed by atoms with Crippen molar-refractivity contribution >= 4 is 11.8 Å². The van der Waals surface area contributed by atoms with Gasteiger partial charge in [0, 0.05) is 12.0 Å². The fraction of sp³-hybridized carbons (Fsp3) is 0.0909. The molecule has 0 aliphatic heterocycles. The Morgan fingerprint density at radius 2 is 2.00 bits per heavy atom. The van der Waals surface area contributed by atoms with Crippen molar-refractivity contribution in [2.45, 2.75) is 6.42 Å². The van der Waals surface area contributed by atoms with Gasteiger partial charge in [-0.05, 0) is 11.6 Å². The molecule has 1 rings (SSSR count). The van der Waals surface area contributed by atoms with E-state index in [0.717, 1.165) is 0 Å². The van der Waals surface area contributed by atoms with Crippen LogP contribution < -0.4 is 0 Å². The highest BCUT2D eigenvalue weighted by Crippen LogP contribution is 2.08. The summed E-state index contributed by atoms with van der Waals surface area (Å²) < 4.78 is 0. The number of ketones is 1. The molecule has 0 aliphatic rings. The molecular weight excluding hydrogens is 180 g/mol. The Kier molecular flexibility index (Phi) is 3.03. The SMILES string of the molecule is C#Cc1ccccc1CC(=O)C(=O)O. The number of Topliss-reactive ketones (excluding diaryl/α,β-unsaturated/α-hetero) is 1. The average molecular weight is 188 g/mol. The Morgan fingerprint density at radius 3 is 2.57 bits per heavy atom. The van der Waals surface area contributed by atoms with Gasteiger partial charge < -0.3 is 5.11 Å². The molecule has 0 bridgehead atoms. The zero-order valence-corrected chi connectivity index (χ0v) is 7.36. The van der Waals surface area contributed by atoms with Crippen molar-refractivity contribution in [3.8, 4) is 12.3 Å². The molecule has 0 radical (unpaired) electrons. The quantitative estimate of drug-likeness (QED) is 0.565. The Bertz CT molecular complexity index is 413. The lowest BCUT2D eigenvalue weighted by Gasteiger charge is -2.00. The Morgan fingerprint density at radius 1 is 1.36 bits per heavy atom. The molecule has 3 nitrogen and oxygen atoms in total. The highest BCUT2D eigenvalue weighted by Gasteiger charge is 2.13. The second-order valence-corrected chi connectivity index (χ2v) is 2.71.